The van der Waals surface area contributed by atoms with Gasteiger partial charge in [-0.25, -0.2) is 4.98 Å². The fourth-order valence-electron chi connectivity index (χ4n) is 3.32. The molecule has 28 heavy (non-hydrogen) atoms. The molecule has 0 aliphatic carbocycles. The van der Waals surface area contributed by atoms with Crippen LogP contribution in [0, 0.1) is 0 Å². The van der Waals surface area contributed by atoms with Gasteiger partial charge in [0.05, 0.1) is 12.9 Å². The van der Waals surface area contributed by atoms with Crippen LogP contribution in [0.4, 0.5) is 11.8 Å². The molecule has 1 aliphatic heterocycles. The van der Waals surface area contributed by atoms with Crippen molar-refractivity contribution in [3.8, 4) is 0 Å². The lowest BCUT2D eigenvalue weighted by Gasteiger charge is -2.16. The number of benzene rings is 1. The third-order valence-electron chi connectivity index (χ3n) is 4.78. The van der Waals surface area contributed by atoms with Crippen molar-refractivity contribution in [1.82, 2.24) is 19.5 Å². The number of hydrogen-bond donors (Lipinski definition) is 5. The SMILES string of the molecule is Nc1nc(NCCc2ccccc2)c2ncn([C@H]3O[C@@H](CO)[C@@H](O)[C@H]3O)c2n1. The smallest absolute Gasteiger partial charge is 0.224 e. The number of rotatable bonds is 6. The average molecular weight is 386 g/mol. The van der Waals surface area contributed by atoms with Crippen molar-refractivity contribution in [3.63, 3.8) is 0 Å². The molecule has 4 rings (SSSR count). The molecule has 1 aromatic carbocycles. The van der Waals surface area contributed by atoms with Crippen LogP contribution in [0.1, 0.15) is 11.8 Å². The van der Waals surface area contributed by atoms with Crippen LogP contribution < -0.4 is 11.1 Å². The van der Waals surface area contributed by atoms with Crippen molar-refractivity contribution in [1.29, 1.82) is 0 Å². The molecule has 10 nitrogen and oxygen atoms in total. The second-order valence-corrected chi connectivity index (χ2v) is 6.65. The Labute approximate surface area is 160 Å². The van der Waals surface area contributed by atoms with E-state index in [0.29, 0.717) is 23.5 Å². The van der Waals surface area contributed by atoms with Gasteiger partial charge in [-0.1, -0.05) is 30.3 Å². The summed E-state index contributed by atoms with van der Waals surface area (Å²) < 4.78 is 7.04. The monoisotopic (exact) mass is 386 g/mol. The van der Waals surface area contributed by atoms with Gasteiger partial charge in [-0.2, -0.15) is 9.97 Å². The Kier molecular flexibility index (Phi) is 5.09. The van der Waals surface area contributed by atoms with Gasteiger partial charge in [-0.3, -0.25) is 4.57 Å². The van der Waals surface area contributed by atoms with E-state index in [4.69, 9.17) is 10.5 Å². The van der Waals surface area contributed by atoms with Gasteiger partial charge in [-0.15, -0.1) is 0 Å². The molecule has 0 unspecified atom stereocenters. The first-order valence-electron chi connectivity index (χ1n) is 8.98. The van der Waals surface area contributed by atoms with Gasteiger partial charge >= 0.3 is 0 Å². The molecular weight excluding hydrogens is 364 g/mol. The highest BCUT2D eigenvalue weighted by atomic mass is 16.6. The van der Waals surface area contributed by atoms with Gasteiger partial charge in [0.2, 0.25) is 5.95 Å². The molecule has 2 aromatic heterocycles. The van der Waals surface area contributed by atoms with Crippen LogP contribution in [0.2, 0.25) is 0 Å². The zero-order valence-electron chi connectivity index (χ0n) is 15.0. The quantitative estimate of drug-likeness (QED) is 0.383. The molecule has 1 saturated heterocycles. The zero-order valence-corrected chi connectivity index (χ0v) is 15.0. The number of aromatic nitrogens is 4. The first-order valence-corrected chi connectivity index (χ1v) is 8.98. The highest BCUT2D eigenvalue weighted by Crippen LogP contribution is 2.32. The van der Waals surface area contributed by atoms with E-state index in [2.05, 4.69) is 20.3 Å². The second kappa shape index (κ2) is 7.68. The molecular formula is C18H22N6O4. The highest BCUT2D eigenvalue weighted by molar-refractivity contribution is 5.84. The van der Waals surface area contributed by atoms with Crippen molar-refractivity contribution in [3.05, 3.63) is 42.2 Å². The van der Waals surface area contributed by atoms with Crippen LogP contribution in [0.3, 0.4) is 0 Å². The third-order valence-corrected chi connectivity index (χ3v) is 4.78. The van der Waals surface area contributed by atoms with Gasteiger partial charge in [0, 0.05) is 6.54 Å². The number of fused-ring (bicyclic) bond motifs is 1. The van der Waals surface area contributed by atoms with E-state index in [-0.39, 0.29) is 5.95 Å². The van der Waals surface area contributed by atoms with Gasteiger partial charge in [0.1, 0.15) is 18.3 Å². The van der Waals surface area contributed by atoms with Crippen LogP contribution in [0.5, 0.6) is 0 Å². The summed E-state index contributed by atoms with van der Waals surface area (Å²) in [5, 5.41) is 32.8. The van der Waals surface area contributed by atoms with Crippen molar-refractivity contribution < 1.29 is 20.1 Å². The predicted octanol–water partition coefficient (Wildman–Crippen LogP) is -0.325. The molecule has 0 radical (unpaired) electrons. The number of aliphatic hydroxyl groups excluding tert-OH is 3. The summed E-state index contributed by atoms with van der Waals surface area (Å²) >= 11 is 0. The molecule has 0 saturated carbocycles. The van der Waals surface area contributed by atoms with E-state index >= 15 is 0 Å². The summed E-state index contributed by atoms with van der Waals surface area (Å²) in [6, 6.07) is 10.0. The lowest BCUT2D eigenvalue weighted by Crippen LogP contribution is -2.33. The van der Waals surface area contributed by atoms with Gasteiger partial charge < -0.3 is 31.1 Å². The van der Waals surface area contributed by atoms with E-state index in [0.717, 1.165) is 6.42 Å². The van der Waals surface area contributed by atoms with Crippen molar-refractivity contribution in [2.75, 3.05) is 24.2 Å². The molecule has 10 heteroatoms. The van der Waals surface area contributed by atoms with E-state index in [1.54, 1.807) is 0 Å². The Bertz CT molecular complexity index is 950. The summed E-state index contributed by atoms with van der Waals surface area (Å²) in [4.78, 5) is 12.8. The minimum absolute atomic E-state index is 0.0446. The molecule has 148 valence electrons. The predicted molar refractivity (Wildman–Crippen MR) is 101 cm³/mol. The zero-order chi connectivity index (χ0) is 19.7. The fourth-order valence-corrected chi connectivity index (χ4v) is 3.32. The number of nitrogens with one attached hydrogen (secondary N) is 1. The number of hydrogen-bond acceptors (Lipinski definition) is 9. The summed E-state index contributed by atoms with van der Waals surface area (Å²) in [6.45, 7) is 0.209. The Morgan fingerprint density at radius 2 is 1.93 bits per heavy atom. The number of nitrogens with zero attached hydrogens (tertiary/aromatic N) is 4. The van der Waals surface area contributed by atoms with Crippen molar-refractivity contribution in [2.24, 2.45) is 0 Å². The Hall–Kier alpha value is -2.79. The molecule has 0 amide bonds. The molecule has 6 N–H and O–H groups in total. The Morgan fingerprint density at radius 3 is 2.64 bits per heavy atom. The van der Waals surface area contributed by atoms with Crippen molar-refractivity contribution in [2.45, 2.75) is 31.0 Å². The highest BCUT2D eigenvalue weighted by Gasteiger charge is 2.44. The van der Waals surface area contributed by atoms with E-state index < -0.39 is 31.1 Å². The number of anilines is 2. The maximum Gasteiger partial charge on any atom is 0.224 e. The third kappa shape index (κ3) is 3.38. The number of aliphatic hydroxyl groups is 3. The summed E-state index contributed by atoms with van der Waals surface area (Å²) in [5.74, 6) is 0.520. The lowest BCUT2D eigenvalue weighted by molar-refractivity contribution is -0.0511. The van der Waals surface area contributed by atoms with Crippen LogP contribution in [-0.4, -0.2) is 66.3 Å². The summed E-state index contributed by atoms with van der Waals surface area (Å²) in [7, 11) is 0. The van der Waals surface area contributed by atoms with Gasteiger partial charge in [-0.05, 0) is 12.0 Å². The summed E-state index contributed by atoms with van der Waals surface area (Å²) in [5.41, 5.74) is 7.88. The van der Waals surface area contributed by atoms with Gasteiger partial charge in [0.25, 0.3) is 0 Å². The van der Waals surface area contributed by atoms with E-state index in [1.807, 2.05) is 30.3 Å². The Balaban J connectivity index is 1.58. The summed E-state index contributed by atoms with van der Waals surface area (Å²) in [6.07, 6.45) is -2.04. The van der Waals surface area contributed by atoms with Gasteiger partial charge in [0.15, 0.2) is 23.2 Å². The molecule has 1 fully saturated rings. The topological polar surface area (TPSA) is 152 Å². The van der Waals surface area contributed by atoms with E-state index in [9.17, 15) is 15.3 Å². The standard InChI is InChI=1S/C18H22N6O4/c19-18-22-15(20-7-6-10-4-2-1-3-5-10)12-16(23-18)24(9-21-12)17-14(27)13(26)11(8-25)28-17/h1-5,9,11,13-14,17,25-27H,6-8H2,(H3,19,20,22,23)/t11-,13+,14+,17-/m0/s1. The number of ether oxygens (including phenoxy) is 1. The van der Waals surface area contributed by atoms with Crippen LogP contribution in [0.25, 0.3) is 11.2 Å². The fraction of sp³-hybridized carbons (Fsp3) is 0.389. The minimum atomic E-state index is -1.24. The first kappa shape index (κ1) is 18.6. The maximum atomic E-state index is 10.3. The Morgan fingerprint density at radius 1 is 1.14 bits per heavy atom. The van der Waals surface area contributed by atoms with Crippen molar-refractivity contribution >= 4 is 22.9 Å². The molecule has 4 atom stereocenters. The molecule has 3 heterocycles. The van der Waals surface area contributed by atoms with Crippen LogP contribution in [0.15, 0.2) is 36.7 Å². The molecule has 1 aliphatic rings. The normalized spacial score (nSPS) is 24.7. The van der Waals surface area contributed by atoms with E-state index in [1.165, 1.54) is 16.5 Å². The number of nitrogens with two attached hydrogens (primary N) is 1. The maximum absolute atomic E-state index is 10.3. The number of imidazole rings is 1. The number of nitrogen functional groups attached to an aromatic ring is 1. The second-order valence-electron chi connectivity index (χ2n) is 6.65. The van der Waals surface area contributed by atoms with Crippen LogP contribution in [-0.2, 0) is 11.2 Å². The minimum Gasteiger partial charge on any atom is -0.394 e. The lowest BCUT2D eigenvalue weighted by atomic mass is 10.1. The average Bonchev–Trinajstić information content (AvgIpc) is 3.24. The first-order chi connectivity index (χ1) is 13.6. The molecule has 0 bridgehead atoms. The molecule has 0 spiro atoms. The largest absolute Gasteiger partial charge is 0.394 e. The van der Waals surface area contributed by atoms with Crippen LogP contribution >= 0.6 is 0 Å². The molecule has 3 aromatic rings.